The molecule has 0 aliphatic carbocycles. The van der Waals surface area contributed by atoms with Gasteiger partial charge in [0, 0.05) is 4.88 Å². The van der Waals surface area contributed by atoms with Crippen molar-refractivity contribution >= 4 is 34.6 Å². The summed E-state index contributed by atoms with van der Waals surface area (Å²) >= 11 is 8.04. The summed E-state index contributed by atoms with van der Waals surface area (Å²) in [5, 5.41) is 5.99. The number of nitrogens with one attached hydrogen (secondary N) is 1. The predicted molar refractivity (Wildman–Crippen MR) is 83.5 cm³/mol. The van der Waals surface area contributed by atoms with Crippen LogP contribution in [0.1, 0.15) is 23.4 Å². The standard InChI is InChI=1S/C15H16ClNO2S/c1-10(13-7-4-8-20-13)17-12-6-3-5-11(15(12)16)9-14(18)19-2/h3-8,10,17H,9H2,1-2H3. The molecule has 5 heteroatoms. The number of ether oxygens (including phenoxy) is 1. The van der Waals surface area contributed by atoms with Crippen molar-refractivity contribution in [3.8, 4) is 0 Å². The molecule has 2 aromatic rings. The van der Waals surface area contributed by atoms with Crippen molar-refractivity contribution in [3.63, 3.8) is 0 Å². The van der Waals surface area contributed by atoms with Gasteiger partial charge in [-0.15, -0.1) is 11.3 Å². The van der Waals surface area contributed by atoms with Crippen LogP contribution in [0.2, 0.25) is 5.02 Å². The third-order valence-corrected chi connectivity index (χ3v) is 4.48. The predicted octanol–water partition coefficient (Wildman–Crippen LogP) is 4.29. The van der Waals surface area contributed by atoms with Crippen LogP contribution in [-0.2, 0) is 16.0 Å². The number of rotatable bonds is 5. The molecule has 0 spiro atoms. The lowest BCUT2D eigenvalue weighted by Gasteiger charge is -2.16. The first-order valence-electron chi connectivity index (χ1n) is 6.26. The number of anilines is 1. The number of hydrogen-bond acceptors (Lipinski definition) is 4. The smallest absolute Gasteiger partial charge is 0.310 e. The number of carbonyl (C=O) groups is 1. The molecule has 1 unspecified atom stereocenters. The van der Waals surface area contributed by atoms with E-state index in [2.05, 4.69) is 23.0 Å². The van der Waals surface area contributed by atoms with E-state index < -0.39 is 0 Å². The molecule has 1 aromatic heterocycles. The van der Waals surface area contributed by atoms with Crippen LogP contribution in [0.15, 0.2) is 35.7 Å². The Bertz CT molecular complexity index is 584. The lowest BCUT2D eigenvalue weighted by Crippen LogP contribution is -2.08. The first-order valence-corrected chi connectivity index (χ1v) is 7.51. The molecule has 20 heavy (non-hydrogen) atoms. The van der Waals surface area contributed by atoms with Gasteiger partial charge in [-0.25, -0.2) is 0 Å². The van der Waals surface area contributed by atoms with Crippen LogP contribution in [-0.4, -0.2) is 13.1 Å². The zero-order valence-electron chi connectivity index (χ0n) is 11.4. The Morgan fingerprint density at radius 2 is 2.20 bits per heavy atom. The Morgan fingerprint density at radius 1 is 1.40 bits per heavy atom. The largest absolute Gasteiger partial charge is 0.469 e. The quantitative estimate of drug-likeness (QED) is 0.837. The van der Waals surface area contributed by atoms with E-state index in [9.17, 15) is 4.79 Å². The normalized spacial score (nSPS) is 11.9. The summed E-state index contributed by atoms with van der Waals surface area (Å²) in [5.41, 5.74) is 1.59. The molecule has 3 nitrogen and oxygen atoms in total. The van der Waals surface area contributed by atoms with Gasteiger partial charge in [0.15, 0.2) is 0 Å². The lowest BCUT2D eigenvalue weighted by molar-refractivity contribution is -0.139. The van der Waals surface area contributed by atoms with Crippen molar-refractivity contribution in [2.75, 3.05) is 12.4 Å². The Morgan fingerprint density at radius 3 is 2.85 bits per heavy atom. The third-order valence-electron chi connectivity index (χ3n) is 2.98. The van der Waals surface area contributed by atoms with Crippen LogP contribution >= 0.6 is 22.9 Å². The molecule has 0 radical (unpaired) electrons. The van der Waals surface area contributed by atoms with E-state index in [1.807, 2.05) is 29.6 Å². The maximum Gasteiger partial charge on any atom is 0.310 e. The molecule has 1 aromatic carbocycles. The lowest BCUT2D eigenvalue weighted by atomic mass is 10.1. The summed E-state index contributed by atoms with van der Waals surface area (Å²) in [6.07, 6.45) is 0.179. The number of halogens is 1. The second kappa shape index (κ2) is 6.77. The van der Waals surface area contributed by atoms with Crippen molar-refractivity contribution in [3.05, 3.63) is 51.2 Å². The minimum Gasteiger partial charge on any atom is -0.469 e. The number of thiophene rings is 1. The first-order chi connectivity index (χ1) is 9.61. The molecule has 0 saturated heterocycles. The Balaban J connectivity index is 2.16. The van der Waals surface area contributed by atoms with Crippen molar-refractivity contribution in [1.82, 2.24) is 0 Å². The number of hydrogen-bond donors (Lipinski definition) is 1. The molecule has 0 aliphatic heterocycles. The van der Waals surface area contributed by atoms with E-state index in [0.717, 1.165) is 11.3 Å². The van der Waals surface area contributed by atoms with Crippen molar-refractivity contribution in [1.29, 1.82) is 0 Å². The van der Waals surface area contributed by atoms with Gasteiger partial charge < -0.3 is 10.1 Å². The second-order valence-corrected chi connectivity index (χ2v) is 5.77. The molecule has 0 amide bonds. The zero-order chi connectivity index (χ0) is 14.5. The fourth-order valence-corrected chi connectivity index (χ4v) is 2.88. The average molecular weight is 310 g/mol. The minimum absolute atomic E-state index is 0.167. The monoisotopic (exact) mass is 309 g/mol. The Labute approximate surface area is 127 Å². The molecule has 106 valence electrons. The van der Waals surface area contributed by atoms with E-state index in [0.29, 0.717) is 5.02 Å². The van der Waals surface area contributed by atoms with Gasteiger partial charge in [-0.1, -0.05) is 29.8 Å². The maximum absolute atomic E-state index is 11.4. The molecule has 0 bridgehead atoms. The number of carbonyl (C=O) groups excluding carboxylic acids is 1. The third kappa shape index (κ3) is 3.52. The van der Waals surface area contributed by atoms with E-state index >= 15 is 0 Å². The molecule has 1 heterocycles. The highest BCUT2D eigenvalue weighted by Crippen LogP contribution is 2.30. The van der Waals surface area contributed by atoms with E-state index in [1.54, 1.807) is 11.3 Å². The molecular formula is C15H16ClNO2S. The van der Waals surface area contributed by atoms with Gasteiger partial charge in [-0.05, 0) is 30.0 Å². The number of esters is 1. The van der Waals surface area contributed by atoms with Crippen LogP contribution in [0.5, 0.6) is 0 Å². The molecule has 2 rings (SSSR count). The van der Waals surface area contributed by atoms with E-state index in [-0.39, 0.29) is 18.4 Å². The molecule has 1 atom stereocenters. The van der Waals surface area contributed by atoms with Gasteiger partial charge >= 0.3 is 5.97 Å². The van der Waals surface area contributed by atoms with E-state index in [1.165, 1.54) is 12.0 Å². The van der Waals surface area contributed by atoms with E-state index in [4.69, 9.17) is 11.6 Å². The number of benzene rings is 1. The fraction of sp³-hybridized carbons (Fsp3) is 0.267. The second-order valence-electron chi connectivity index (χ2n) is 4.41. The van der Waals surface area contributed by atoms with Crippen molar-refractivity contribution in [2.24, 2.45) is 0 Å². The summed E-state index contributed by atoms with van der Waals surface area (Å²) in [6.45, 7) is 2.08. The molecule has 0 saturated carbocycles. The molecule has 1 N–H and O–H groups in total. The minimum atomic E-state index is -0.296. The van der Waals surface area contributed by atoms with Gasteiger partial charge in [0.2, 0.25) is 0 Å². The van der Waals surface area contributed by atoms with Crippen LogP contribution in [0, 0.1) is 0 Å². The van der Waals surface area contributed by atoms with Crippen molar-refractivity contribution < 1.29 is 9.53 Å². The fourth-order valence-electron chi connectivity index (χ4n) is 1.90. The SMILES string of the molecule is COC(=O)Cc1cccc(NC(C)c2cccs2)c1Cl. The van der Waals surface area contributed by atoms with Gasteiger partial charge in [0.05, 0.1) is 30.3 Å². The number of methoxy groups -OCH3 is 1. The molecular weight excluding hydrogens is 294 g/mol. The summed E-state index contributed by atoms with van der Waals surface area (Å²) in [5.74, 6) is -0.296. The summed E-state index contributed by atoms with van der Waals surface area (Å²) in [4.78, 5) is 12.6. The van der Waals surface area contributed by atoms with Crippen LogP contribution in [0.3, 0.4) is 0 Å². The Kier molecular flexibility index (Phi) is 5.04. The zero-order valence-corrected chi connectivity index (χ0v) is 12.9. The summed E-state index contributed by atoms with van der Waals surface area (Å²) in [6, 6.07) is 9.89. The summed E-state index contributed by atoms with van der Waals surface area (Å²) < 4.78 is 4.67. The highest BCUT2D eigenvalue weighted by molar-refractivity contribution is 7.10. The van der Waals surface area contributed by atoms with Gasteiger partial charge in [-0.3, -0.25) is 4.79 Å². The average Bonchev–Trinajstić information content (AvgIpc) is 2.97. The summed E-state index contributed by atoms with van der Waals surface area (Å²) in [7, 11) is 1.37. The van der Waals surface area contributed by atoms with Crippen LogP contribution in [0.25, 0.3) is 0 Å². The molecule has 0 fully saturated rings. The van der Waals surface area contributed by atoms with Gasteiger partial charge in [0.25, 0.3) is 0 Å². The van der Waals surface area contributed by atoms with Gasteiger partial charge in [-0.2, -0.15) is 0 Å². The Hall–Kier alpha value is -1.52. The highest BCUT2D eigenvalue weighted by Gasteiger charge is 2.13. The van der Waals surface area contributed by atoms with Gasteiger partial charge in [0.1, 0.15) is 0 Å². The van der Waals surface area contributed by atoms with Crippen molar-refractivity contribution in [2.45, 2.75) is 19.4 Å². The first kappa shape index (κ1) is 14.9. The molecule has 0 aliphatic rings. The highest BCUT2D eigenvalue weighted by atomic mass is 35.5. The maximum atomic E-state index is 11.4. The van der Waals surface area contributed by atoms with Crippen LogP contribution in [0.4, 0.5) is 5.69 Å². The van der Waals surface area contributed by atoms with Crippen LogP contribution < -0.4 is 5.32 Å². The topological polar surface area (TPSA) is 38.3 Å².